The molecule has 0 unspecified atom stereocenters. The highest BCUT2D eigenvalue weighted by molar-refractivity contribution is 5.80. The summed E-state index contributed by atoms with van der Waals surface area (Å²) in [5.74, 6) is 1.30. The van der Waals surface area contributed by atoms with Crippen LogP contribution in [-0.4, -0.2) is 37.1 Å². The molecule has 0 bridgehead atoms. The van der Waals surface area contributed by atoms with E-state index in [-0.39, 0.29) is 5.91 Å². The standard InChI is InChI=1S/C16H28N4O/c1-12(2)8-19-16(21)11-20(5)15-7-6-14(10-18-15)9-17-13(3)4/h6-7,10,12-13,17H,8-9,11H2,1-5H3,(H,19,21). The maximum absolute atomic E-state index is 11.8. The van der Waals surface area contributed by atoms with Crippen molar-refractivity contribution in [2.45, 2.75) is 40.3 Å². The van der Waals surface area contributed by atoms with Crippen molar-refractivity contribution in [1.82, 2.24) is 15.6 Å². The molecular weight excluding hydrogens is 264 g/mol. The molecule has 1 aromatic rings. The van der Waals surface area contributed by atoms with Crippen molar-refractivity contribution in [1.29, 1.82) is 0 Å². The third-order valence-electron chi connectivity index (χ3n) is 3.00. The van der Waals surface area contributed by atoms with Crippen LogP contribution in [0.2, 0.25) is 0 Å². The zero-order valence-corrected chi connectivity index (χ0v) is 13.8. The lowest BCUT2D eigenvalue weighted by Crippen LogP contribution is -2.37. The number of hydrogen-bond donors (Lipinski definition) is 2. The maximum Gasteiger partial charge on any atom is 0.239 e. The number of nitrogens with zero attached hydrogens (tertiary/aromatic N) is 2. The SMILES string of the molecule is CC(C)CNC(=O)CN(C)c1ccc(CNC(C)C)cn1. The second kappa shape index (κ2) is 8.62. The van der Waals surface area contributed by atoms with Gasteiger partial charge in [0.05, 0.1) is 6.54 Å². The smallest absolute Gasteiger partial charge is 0.239 e. The third kappa shape index (κ3) is 7.09. The predicted molar refractivity (Wildman–Crippen MR) is 87.3 cm³/mol. The van der Waals surface area contributed by atoms with Gasteiger partial charge >= 0.3 is 0 Å². The minimum absolute atomic E-state index is 0.0264. The fraction of sp³-hybridized carbons (Fsp3) is 0.625. The summed E-state index contributed by atoms with van der Waals surface area (Å²) < 4.78 is 0. The molecule has 21 heavy (non-hydrogen) atoms. The highest BCUT2D eigenvalue weighted by atomic mass is 16.2. The molecule has 1 aromatic heterocycles. The Bertz CT molecular complexity index is 428. The van der Waals surface area contributed by atoms with Gasteiger partial charge in [0.25, 0.3) is 0 Å². The first-order valence-electron chi connectivity index (χ1n) is 7.54. The van der Waals surface area contributed by atoms with Gasteiger partial charge in [-0.25, -0.2) is 4.98 Å². The molecule has 0 saturated carbocycles. The average molecular weight is 292 g/mol. The van der Waals surface area contributed by atoms with E-state index in [9.17, 15) is 4.79 Å². The Hall–Kier alpha value is -1.62. The van der Waals surface area contributed by atoms with Crippen molar-refractivity contribution in [2.24, 2.45) is 5.92 Å². The van der Waals surface area contributed by atoms with Crippen molar-refractivity contribution in [3.05, 3.63) is 23.9 Å². The fourth-order valence-corrected chi connectivity index (χ4v) is 1.74. The van der Waals surface area contributed by atoms with Gasteiger partial charge in [0.2, 0.25) is 5.91 Å². The zero-order valence-electron chi connectivity index (χ0n) is 13.8. The van der Waals surface area contributed by atoms with Crippen LogP contribution in [0.3, 0.4) is 0 Å². The minimum Gasteiger partial charge on any atom is -0.354 e. The highest BCUT2D eigenvalue weighted by Crippen LogP contribution is 2.09. The summed E-state index contributed by atoms with van der Waals surface area (Å²) in [5, 5.41) is 6.26. The van der Waals surface area contributed by atoms with Crippen molar-refractivity contribution in [3.8, 4) is 0 Å². The molecule has 118 valence electrons. The summed E-state index contributed by atoms with van der Waals surface area (Å²) in [6.07, 6.45) is 1.85. The molecule has 2 N–H and O–H groups in total. The summed E-state index contributed by atoms with van der Waals surface area (Å²) in [6, 6.07) is 4.45. The molecule has 1 amide bonds. The molecule has 0 fully saturated rings. The van der Waals surface area contributed by atoms with Crippen LogP contribution in [-0.2, 0) is 11.3 Å². The third-order valence-corrected chi connectivity index (χ3v) is 3.00. The maximum atomic E-state index is 11.8. The number of amides is 1. The number of aromatic nitrogens is 1. The topological polar surface area (TPSA) is 57.3 Å². The van der Waals surface area contributed by atoms with Gasteiger partial charge in [0.15, 0.2) is 0 Å². The Morgan fingerprint density at radius 3 is 2.52 bits per heavy atom. The predicted octanol–water partition coefficient (Wildman–Crippen LogP) is 1.79. The van der Waals surface area contributed by atoms with Gasteiger partial charge in [-0.3, -0.25) is 4.79 Å². The molecular formula is C16H28N4O. The molecule has 0 spiro atoms. The molecule has 0 atom stereocenters. The van der Waals surface area contributed by atoms with Crippen molar-refractivity contribution >= 4 is 11.7 Å². The van der Waals surface area contributed by atoms with E-state index in [1.165, 1.54) is 0 Å². The number of likely N-dealkylation sites (N-methyl/N-ethyl adjacent to an activating group) is 1. The van der Waals surface area contributed by atoms with Crippen LogP contribution in [0, 0.1) is 5.92 Å². The van der Waals surface area contributed by atoms with Crippen LogP contribution < -0.4 is 15.5 Å². The zero-order chi connectivity index (χ0) is 15.8. The second-order valence-corrected chi connectivity index (χ2v) is 6.11. The highest BCUT2D eigenvalue weighted by Gasteiger charge is 2.08. The summed E-state index contributed by atoms with van der Waals surface area (Å²) >= 11 is 0. The Morgan fingerprint density at radius 2 is 2.00 bits per heavy atom. The number of carbonyl (C=O) groups is 1. The molecule has 0 radical (unpaired) electrons. The average Bonchev–Trinajstić information content (AvgIpc) is 2.43. The Balaban J connectivity index is 2.47. The Labute approximate surface area is 128 Å². The molecule has 0 aliphatic rings. The van der Waals surface area contributed by atoms with E-state index >= 15 is 0 Å². The lowest BCUT2D eigenvalue weighted by atomic mass is 10.2. The Kier molecular flexibility index (Phi) is 7.15. The number of anilines is 1. The molecule has 0 aromatic carbocycles. The second-order valence-electron chi connectivity index (χ2n) is 6.11. The lowest BCUT2D eigenvalue weighted by Gasteiger charge is -2.18. The van der Waals surface area contributed by atoms with Gasteiger partial charge in [-0.1, -0.05) is 33.8 Å². The molecule has 1 heterocycles. The van der Waals surface area contributed by atoms with E-state index in [2.05, 4.69) is 43.3 Å². The van der Waals surface area contributed by atoms with Gasteiger partial charge < -0.3 is 15.5 Å². The number of carbonyl (C=O) groups excluding carboxylic acids is 1. The van der Waals surface area contributed by atoms with Gasteiger partial charge in [-0.15, -0.1) is 0 Å². The summed E-state index contributed by atoms with van der Waals surface area (Å²) in [7, 11) is 1.88. The van der Waals surface area contributed by atoms with Gasteiger partial charge in [0.1, 0.15) is 5.82 Å². The van der Waals surface area contributed by atoms with E-state index in [0.717, 1.165) is 17.9 Å². The van der Waals surface area contributed by atoms with E-state index in [0.29, 0.717) is 25.0 Å². The molecule has 0 aliphatic heterocycles. The van der Waals surface area contributed by atoms with Gasteiger partial charge in [-0.2, -0.15) is 0 Å². The molecule has 5 nitrogen and oxygen atoms in total. The quantitative estimate of drug-likeness (QED) is 0.767. The first-order valence-corrected chi connectivity index (χ1v) is 7.54. The fourth-order valence-electron chi connectivity index (χ4n) is 1.74. The van der Waals surface area contributed by atoms with E-state index in [4.69, 9.17) is 0 Å². The van der Waals surface area contributed by atoms with Crippen LogP contribution in [0.15, 0.2) is 18.3 Å². The molecule has 0 aliphatic carbocycles. The number of nitrogens with one attached hydrogen (secondary N) is 2. The van der Waals surface area contributed by atoms with E-state index in [1.54, 1.807) is 0 Å². The largest absolute Gasteiger partial charge is 0.354 e. The Morgan fingerprint density at radius 1 is 1.29 bits per heavy atom. The number of hydrogen-bond acceptors (Lipinski definition) is 4. The summed E-state index contributed by atoms with van der Waals surface area (Å²) in [6.45, 7) is 10.2. The minimum atomic E-state index is 0.0264. The van der Waals surface area contributed by atoms with Crippen LogP contribution >= 0.6 is 0 Å². The van der Waals surface area contributed by atoms with Crippen LogP contribution in [0.4, 0.5) is 5.82 Å². The molecule has 1 rings (SSSR count). The first kappa shape index (κ1) is 17.4. The van der Waals surface area contributed by atoms with Gasteiger partial charge in [0, 0.05) is 32.4 Å². The summed E-state index contributed by atoms with van der Waals surface area (Å²) in [5.41, 5.74) is 1.14. The first-order chi connectivity index (χ1) is 9.88. The van der Waals surface area contributed by atoms with E-state index in [1.807, 2.05) is 30.3 Å². The van der Waals surface area contributed by atoms with Crippen molar-refractivity contribution < 1.29 is 4.79 Å². The van der Waals surface area contributed by atoms with Gasteiger partial charge in [-0.05, 0) is 17.5 Å². The monoisotopic (exact) mass is 292 g/mol. The van der Waals surface area contributed by atoms with Crippen LogP contribution in [0.1, 0.15) is 33.3 Å². The van der Waals surface area contributed by atoms with Crippen molar-refractivity contribution in [3.63, 3.8) is 0 Å². The number of pyridine rings is 1. The molecule has 5 heteroatoms. The summed E-state index contributed by atoms with van der Waals surface area (Å²) in [4.78, 5) is 18.1. The van der Waals surface area contributed by atoms with Crippen molar-refractivity contribution in [2.75, 3.05) is 25.0 Å². The normalized spacial score (nSPS) is 11.0. The van der Waals surface area contributed by atoms with Crippen LogP contribution in [0.25, 0.3) is 0 Å². The lowest BCUT2D eigenvalue weighted by molar-refractivity contribution is -0.119. The van der Waals surface area contributed by atoms with Crippen LogP contribution in [0.5, 0.6) is 0 Å². The van der Waals surface area contributed by atoms with E-state index < -0.39 is 0 Å². The number of rotatable bonds is 8. The molecule has 0 saturated heterocycles.